The van der Waals surface area contributed by atoms with Crippen LogP contribution >= 0.6 is 0 Å². The third kappa shape index (κ3) is 3.05. The third-order valence-corrected chi connectivity index (χ3v) is 4.70. The van der Waals surface area contributed by atoms with Gasteiger partial charge < -0.3 is 4.74 Å². The molecule has 1 aliphatic carbocycles. The summed E-state index contributed by atoms with van der Waals surface area (Å²) in [7, 11) is 1.65. The topological polar surface area (TPSA) is 26.3 Å². The first-order valence-electron chi connectivity index (χ1n) is 7.76. The Kier molecular flexibility index (Phi) is 4.85. The van der Waals surface area contributed by atoms with Crippen molar-refractivity contribution in [2.75, 3.05) is 7.11 Å². The summed E-state index contributed by atoms with van der Waals surface area (Å²) >= 11 is 0. The summed E-state index contributed by atoms with van der Waals surface area (Å²) in [6, 6.07) is 4.05. The summed E-state index contributed by atoms with van der Waals surface area (Å²) in [6.45, 7) is 6.30. The number of Topliss-reactive ketones (excluding diaryl/α,β-unsaturated/α-hetero) is 1. The van der Waals surface area contributed by atoms with E-state index in [1.165, 1.54) is 19.3 Å². The lowest BCUT2D eigenvalue weighted by atomic mass is 9.77. The first-order valence-corrected chi connectivity index (χ1v) is 7.76. The second-order valence-corrected chi connectivity index (χ2v) is 6.15. The van der Waals surface area contributed by atoms with Gasteiger partial charge in [0.15, 0.2) is 5.78 Å². The van der Waals surface area contributed by atoms with Crippen LogP contribution in [0.4, 0.5) is 0 Å². The van der Waals surface area contributed by atoms with Gasteiger partial charge in [-0.3, -0.25) is 4.79 Å². The fraction of sp³-hybridized carbons (Fsp3) is 0.611. The van der Waals surface area contributed by atoms with E-state index in [9.17, 15) is 4.79 Å². The zero-order valence-electron chi connectivity index (χ0n) is 13.2. The van der Waals surface area contributed by atoms with Gasteiger partial charge in [-0.25, -0.2) is 0 Å². The maximum atomic E-state index is 12.8. The number of aryl methyl sites for hydroxylation is 2. The predicted molar refractivity (Wildman–Crippen MR) is 82.5 cm³/mol. The molecule has 0 heterocycles. The maximum absolute atomic E-state index is 12.8. The maximum Gasteiger partial charge on any atom is 0.169 e. The molecule has 20 heavy (non-hydrogen) atoms. The molecule has 0 bridgehead atoms. The average Bonchev–Trinajstić information content (AvgIpc) is 2.46. The van der Waals surface area contributed by atoms with Crippen molar-refractivity contribution < 1.29 is 9.53 Å². The van der Waals surface area contributed by atoms with Gasteiger partial charge in [0, 0.05) is 5.92 Å². The monoisotopic (exact) mass is 274 g/mol. The number of hydrogen-bond acceptors (Lipinski definition) is 2. The minimum absolute atomic E-state index is 0.188. The molecule has 0 N–H and O–H groups in total. The van der Waals surface area contributed by atoms with E-state index in [-0.39, 0.29) is 11.7 Å². The van der Waals surface area contributed by atoms with E-state index < -0.39 is 0 Å². The molecule has 0 unspecified atom stereocenters. The molecule has 1 aromatic carbocycles. The van der Waals surface area contributed by atoms with Gasteiger partial charge in [0.05, 0.1) is 12.7 Å². The van der Waals surface area contributed by atoms with Crippen LogP contribution in [0.1, 0.15) is 60.5 Å². The molecule has 0 radical (unpaired) electrons. The molecule has 1 aromatic rings. The number of hydrogen-bond donors (Lipinski definition) is 0. The second-order valence-electron chi connectivity index (χ2n) is 6.15. The fourth-order valence-electron chi connectivity index (χ4n) is 3.44. The molecule has 0 amide bonds. The molecular formula is C18H26O2. The molecule has 2 rings (SSSR count). The van der Waals surface area contributed by atoms with Crippen LogP contribution in [0.3, 0.4) is 0 Å². The van der Waals surface area contributed by atoms with E-state index in [0.29, 0.717) is 0 Å². The van der Waals surface area contributed by atoms with Crippen molar-refractivity contribution in [3.05, 3.63) is 28.8 Å². The van der Waals surface area contributed by atoms with E-state index in [2.05, 4.69) is 13.0 Å². The summed E-state index contributed by atoms with van der Waals surface area (Å²) < 4.78 is 5.44. The molecular weight excluding hydrogens is 248 g/mol. The van der Waals surface area contributed by atoms with Crippen molar-refractivity contribution in [2.45, 2.75) is 52.9 Å². The van der Waals surface area contributed by atoms with Crippen LogP contribution in [0.15, 0.2) is 12.1 Å². The highest BCUT2D eigenvalue weighted by atomic mass is 16.5. The number of methoxy groups -OCH3 is 1. The highest BCUT2D eigenvalue weighted by Gasteiger charge is 2.28. The lowest BCUT2D eigenvalue weighted by Gasteiger charge is -2.27. The lowest BCUT2D eigenvalue weighted by molar-refractivity contribution is 0.0867. The van der Waals surface area contributed by atoms with Crippen LogP contribution in [0.25, 0.3) is 0 Å². The molecule has 1 saturated carbocycles. The lowest BCUT2D eigenvalue weighted by Crippen LogP contribution is -2.23. The Morgan fingerprint density at radius 1 is 1.20 bits per heavy atom. The van der Waals surface area contributed by atoms with Gasteiger partial charge in [-0.15, -0.1) is 0 Å². The molecule has 0 aliphatic heterocycles. The van der Waals surface area contributed by atoms with Crippen LogP contribution in [-0.2, 0) is 0 Å². The molecule has 0 saturated heterocycles. The van der Waals surface area contributed by atoms with Gasteiger partial charge in [-0.1, -0.05) is 19.4 Å². The van der Waals surface area contributed by atoms with Gasteiger partial charge in [0.25, 0.3) is 0 Å². The molecule has 2 nitrogen and oxygen atoms in total. The Morgan fingerprint density at radius 2 is 1.85 bits per heavy atom. The van der Waals surface area contributed by atoms with Gasteiger partial charge in [-0.2, -0.15) is 0 Å². The fourth-order valence-corrected chi connectivity index (χ4v) is 3.44. The van der Waals surface area contributed by atoms with Crippen LogP contribution < -0.4 is 4.74 Å². The van der Waals surface area contributed by atoms with Gasteiger partial charge >= 0.3 is 0 Å². The smallest absolute Gasteiger partial charge is 0.169 e. The van der Waals surface area contributed by atoms with Crippen molar-refractivity contribution in [3.8, 4) is 5.75 Å². The predicted octanol–water partition coefficient (Wildman–Crippen LogP) is 4.71. The minimum Gasteiger partial charge on any atom is -0.496 e. The Bertz CT molecular complexity index is 482. The number of ether oxygens (including phenoxy) is 1. The Hall–Kier alpha value is -1.31. The number of benzene rings is 1. The average molecular weight is 274 g/mol. The van der Waals surface area contributed by atoms with Gasteiger partial charge in [0.1, 0.15) is 5.75 Å². The zero-order chi connectivity index (χ0) is 14.7. The summed E-state index contributed by atoms with van der Waals surface area (Å²) in [5.41, 5.74) is 2.99. The standard InChI is InChI=1S/C18H26O2/c1-5-14-6-8-15(9-7-14)18(19)17-13(3)10-12(2)11-16(17)20-4/h10-11,14-15H,5-9H2,1-4H3. The molecule has 110 valence electrons. The number of rotatable bonds is 4. The van der Waals surface area contributed by atoms with Crippen LogP contribution in [0, 0.1) is 25.7 Å². The second kappa shape index (κ2) is 6.43. The van der Waals surface area contributed by atoms with E-state index >= 15 is 0 Å². The first-order chi connectivity index (χ1) is 9.56. The number of carbonyl (C=O) groups excluding carboxylic acids is 1. The molecule has 0 atom stereocenters. The van der Waals surface area contributed by atoms with Crippen molar-refractivity contribution >= 4 is 5.78 Å². The molecule has 1 aliphatic rings. The van der Waals surface area contributed by atoms with Gasteiger partial charge in [-0.05, 0) is 62.6 Å². The van der Waals surface area contributed by atoms with E-state index in [1.54, 1.807) is 7.11 Å². The normalized spacial score (nSPS) is 22.6. The number of ketones is 1. The van der Waals surface area contributed by atoms with Crippen LogP contribution in [0.2, 0.25) is 0 Å². The minimum atomic E-state index is 0.188. The summed E-state index contributed by atoms with van der Waals surface area (Å²) in [5.74, 6) is 2.03. The highest BCUT2D eigenvalue weighted by Crippen LogP contribution is 2.35. The third-order valence-electron chi connectivity index (χ3n) is 4.70. The molecule has 0 spiro atoms. The molecule has 0 aromatic heterocycles. The summed E-state index contributed by atoms with van der Waals surface area (Å²) in [6.07, 6.45) is 5.70. The van der Waals surface area contributed by atoms with Crippen molar-refractivity contribution in [1.29, 1.82) is 0 Å². The largest absolute Gasteiger partial charge is 0.496 e. The van der Waals surface area contributed by atoms with E-state index in [0.717, 1.165) is 41.2 Å². The molecule has 1 fully saturated rings. The summed E-state index contributed by atoms with van der Waals surface area (Å²) in [4.78, 5) is 12.8. The van der Waals surface area contributed by atoms with Crippen molar-refractivity contribution in [3.63, 3.8) is 0 Å². The van der Waals surface area contributed by atoms with Crippen LogP contribution in [-0.4, -0.2) is 12.9 Å². The van der Waals surface area contributed by atoms with E-state index in [1.807, 2.05) is 19.9 Å². The van der Waals surface area contributed by atoms with Gasteiger partial charge in [0.2, 0.25) is 0 Å². The zero-order valence-corrected chi connectivity index (χ0v) is 13.2. The van der Waals surface area contributed by atoms with Crippen molar-refractivity contribution in [2.24, 2.45) is 11.8 Å². The quantitative estimate of drug-likeness (QED) is 0.743. The van der Waals surface area contributed by atoms with E-state index in [4.69, 9.17) is 4.74 Å². The summed E-state index contributed by atoms with van der Waals surface area (Å²) in [5, 5.41) is 0. The Labute approximate surface area is 122 Å². The highest BCUT2D eigenvalue weighted by molar-refractivity contribution is 6.01. The van der Waals surface area contributed by atoms with Crippen molar-refractivity contribution in [1.82, 2.24) is 0 Å². The Morgan fingerprint density at radius 3 is 2.40 bits per heavy atom. The van der Waals surface area contributed by atoms with Crippen LogP contribution in [0.5, 0.6) is 5.75 Å². The Balaban J connectivity index is 2.21. The SMILES string of the molecule is CCC1CCC(C(=O)c2c(C)cc(C)cc2OC)CC1. The molecule has 2 heteroatoms. The number of carbonyl (C=O) groups is 1. The first kappa shape index (κ1) is 15.1.